The smallest absolute Gasteiger partial charge is 0.329 e. The lowest BCUT2D eigenvalue weighted by Crippen LogP contribution is -2.47. The van der Waals surface area contributed by atoms with Gasteiger partial charge >= 0.3 is 5.97 Å². The van der Waals surface area contributed by atoms with Crippen molar-refractivity contribution < 1.29 is 19.1 Å². The Hall–Kier alpha value is -3.67. The van der Waals surface area contributed by atoms with E-state index in [-0.39, 0.29) is 18.2 Å². The minimum Gasteiger partial charge on any atom is -0.451 e. The Morgan fingerprint density at radius 2 is 1.50 bits per heavy atom. The summed E-state index contributed by atoms with van der Waals surface area (Å²) in [5.74, 6) is -1.55. The van der Waals surface area contributed by atoms with Crippen LogP contribution in [0.25, 0.3) is 10.8 Å². The van der Waals surface area contributed by atoms with Crippen LogP contribution in [0.5, 0.6) is 0 Å². The lowest BCUT2D eigenvalue weighted by atomic mass is 10.0. The summed E-state index contributed by atoms with van der Waals surface area (Å²) >= 11 is 0. The summed E-state index contributed by atoms with van der Waals surface area (Å²) < 4.78 is 5.41. The first kappa shape index (κ1) is 23.0. The number of carbonyl (C=O) groups excluding carboxylic acids is 3. The molecule has 6 heteroatoms. The van der Waals surface area contributed by atoms with Crippen molar-refractivity contribution in [3.05, 3.63) is 78.4 Å². The minimum absolute atomic E-state index is 0.161. The number of esters is 1. The van der Waals surface area contributed by atoms with Crippen LogP contribution >= 0.6 is 0 Å². The lowest BCUT2D eigenvalue weighted by Gasteiger charge is -2.23. The molecule has 166 valence electrons. The highest BCUT2D eigenvalue weighted by Crippen LogP contribution is 2.23. The molecule has 6 nitrogen and oxygen atoms in total. The number of amides is 2. The summed E-state index contributed by atoms with van der Waals surface area (Å²) in [6.07, 6.45) is -0.859. The number of nitrogens with one attached hydrogen (secondary N) is 2. The van der Waals surface area contributed by atoms with Gasteiger partial charge < -0.3 is 15.4 Å². The van der Waals surface area contributed by atoms with Crippen molar-refractivity contribution >= 4 is 34.2 Å². The first-order chi connectivity index (χ1) is 15.3. The Labute approximate surface area is 188 Å². The van der Waals surface area contributed by atoms with Crippen LogP contribution in [0.15, 0.2) is 72.8 Å². The van der Waals surface area contributed by atoms with E-state index in [9.17, 15) is 14.4 Å². The van der Waals surface area contributed by atoms with Crippen LogP contribution in [-0.4, -0.2) is 29.9 Å². The van der Waals surface area contributed by atoms with E-state index in [0.717, 1.165) is 16.3 Å². The van der Waals surface area contributed by atoms with Crippen molar-refractivity contribution in [3.63, 3.8) is 0 Å². The third kappa shape index (κ3) is 5.94. The van der Waals surface area contributed by atoms with Crippen LogP contribution in [0.2, 0.25) is 0 Å². The number of rotatable bonds is 8. The number of ether oxygens (including phenoxy) is 1. The Balaban J connectivity index is 1.61. The molecule has 2 N–H and O–H groups in total. The molecule has 1 unspecified atom stereocenters. The molecule has 3 rings (SSSR count). The average Bonchev–Trinajstić information content (AvgIpc) is 2.78. The Bertz CT molecular complexity index is 1090. The van der Waals surface area contributed by atoms with Gasteiger partial charge in [0.1, 0.15) is 6.04 Å². The van der Waals surface area contributed by atoms with Gasteiger partial charge in [0.05, 0.1) is 6.42 Å². The third-order valence-corrected chi connectivity index (χ3v) is 5.15. The molecule has 0 aliphatic rings. The largest absolute Gasteiger partial charge is 0.451 e. The van der Waals surface area contributed by atoms with E-state index in [1.54, 1.807) is 6.07 Å². The summed E-state index contributed by atoms with van der Waals surface area (Å²) in [6, 6.07) is 21.7. The summed E-state index contributed by atoms with van der Waals surface area (Å²) in [5, 5.41) is 7.46. The van der Waals surface area contributed by atoms with Crippen molar-refractivity contribution in [2.75, 3.05) is 5.32 Å². The molecule has 0 aliphatic heterocycles. The average molecular weight is 433 g/mol. The van der Waals surface area contributed by atoms with E-state index in [1.165, 1.54) is 6.92 Å². The molecular weight excluding hydrogens is 404 g/mol. The first-order valence-electron chi connectivity index (χ1n) is 10.7. The van der Waals surface area contributed by atoms with Crippen LogP contribution in [0.3, 0.4) is 0 Å². The summed E-state index contributed by atoms with van der Waals surface area (Å²) in [6.45, 7) is 5.15. The highest BCUT2D eigenvalue weighted by molar-refractivity contribution is 6.04. The van der Waals surface area contributed by atoms with Gasteiger partial charge in [-0.05, 0) is 29.9 Å². The van der Waals surface area contributed by atoms with Gasteiger partial charge in [-0.25, -0.2) is 4.79 Å². The highest BCUT2D eigenvalue weighted by Gasteiger charge is 2.29. The van der Waals surface area contributed by atoms with E-state index in [2.05, 4.69) is 10.6 Å². The van der Waals surface area contributed by atoms with Gasteiger partial charge in [-0.15, -0.1) is 0 Å². The zero-order valence-electron chi connectivity index (χ0n) is 18.5. The zero-order chi connectivity index (χ0) is 23.1. The van der Waals surface area contributed by atoms with Crippen molar-refractivity contribution in [2.45, 2.75) is 39.3 Å². The van der Waals surface area contributed by atoms with Crippen LogP contribution in [0.4, 0.5) is 5.69 Å². The molecular formula is C26H28N2O4. The van der Waals surface area contributed by atoms with Gasteiger partial charge in [-0.1, -0.05) is 80.6 Å². The predicted octanol–water partition coefficient (Wildman–Crippen LogP) is 4.09. The minimum atomic E-state index is -1.02. The van der Waals surface area contributed by atoms with Crippen LogP contribution < -0.4 is 10.6 Å². The molecule has 2 amide bonds. The number of carbonyl (C=O) groups is 3. The quantitative estimate of drug-likeness (QED) is 0.525. The first-order valence-corrected chi connectivity index (χ1v) is 10.7. The number of fused-ring (bicyclic) bond motifs is 1. The van der Waals surface area contributed by atoms with Crippen molar-refractivity contribution in [1.82, 2.24) is 5.32 Å². The molecule has 0 saturated carbocycles. The topological polar surface area (TPSA) is 84.5 Å². The second kappa shape index (κ2) is 10.6. The Kier molecular flexibility index (Phi) is 7.60. The second-order valence-corrected chi connectivity index (χ2v) is 8.05. The molecule has 0 aromatic heterocycles. The van der Waals surface area contributed by atoms with Gasteiger partial charge in [0.25, 0.3) is 5.91 Å². The van der Waals surface area contributed by atoms with Gasteiger partial charge in [-0.2, -0.15) is 0 Å². The van der Waals surface area contributed by atoms with E-state index >= 15 is 0 Å². The maximum absolute atomic E-state index is 12.7. The maximum atomic E-state index is 12.7. The number of hydrogen-bond acceptors (Lipinski definition) is 4. The fraction of sp³-hybridized carbons (Fsp3) is 0.269. The Morgan fingerprint density at radius 3 is 2.22 bits per heavy atom. The lowest BCUT2D eigenvalue weighted by molar-refractivity contribution is -0.157. The molecule has 0 spiro atoms. The second-order valence-electron chi connectivity index (χ2n) is 8.05. The van der Waals surface area contributed by atoms with E-state index in [0.29, 0.717) is 5.69 Å². The standard InChI is InChI=1S/C26H28N2O4/c1-17(2)24(28-23(29)16-19-10-5-4-6-11-19)26(31)32-18(3)25(30)27-22-15-9-13-20-12-7-8-14-21(20)22/h4-15,17-18,24H,16H2,1-3H3,(H,27,30)(H,28,29)/t18?,24-/m0/s1. The maximum Gasteiger partial charge on any atom is 0.329 e. The monoisotopic (exact) mass is 432 g/mol. The fourth-order valence-electron chi connectivity index (χ4n) is 3.37. The zero-order valence-corrected chi connectivity index (χ0v) is 18.5. The summed E-state index contributed by atoms with van der Waals surface area (Å²) in [7, 11) is 0. The normalized spacial score (nSPS) is 12.8. The predicted molar refractivity (Wildman–Crippen MR) is 125 cm³/mol. The number of benzene rings is 3. The van der Waals surface area contributed by atoms with Crippen LogP contribution in [-0.2, 0) is 25.5 Å². The molecule has 0 aliphatic carbocycles. The molecule has 3 aromatic carbocycles. The molecule has 0 heterocycles. The van der Waals surface area contributed by atoms with Crippen molar-refractivity contribution in [2.24, 2.45) is 5.92 Å². The Morgan fingerprint density at radius 1 is 0.844 bits per heavy atom. The fourth-order valence-corrected chi connectivity index (χ4v) is 3.37. The molecule has 0 radical (unpaired) electrons. The third-order valence-electron chi connectivity index (χ3n) is 5.15. The molecule has 32 heavy (non-hydrogen) atoms. The molecule has 2 atom stereocenters. The van der Waals surface area contributed by atoms with Crippen molar-refractivity contribution in [3.8, 4) is 0 Å². The van der Waals surface area contributed by atoms with E-state index in [1.807, 2.05) is 80.6 Å². The SMILES string of the molecule is CC(OC(=O)[C@@H](NC(=O)Cc1ccccc1)C(C)C)C(=O)Nc1cccc2ccccc12. The van der Waals surface area contributed by atoms with Gasteiger partial charge in [0, 0.05) is 11.1 Å². The van der Waals surface area contributed by atoms with Crippen LogP contribution in [0.1, 0.15) is 26.3 Å². The van der Waals surface area contributed by atoms with Crippen molar-refractivity contribution in [1.29, 1.82) is 0 Å². The highest BCUT2D eigenvalue weighted by atomic mass is 16.5. The molecule has 0 bridgehead atoms. The molecule has 0 fully saturated rings. The van der Waals surface area contributed by atoms with Gasteiger partial charge in [0.2, 0.25) is 5.91 Å². The van der Waals surface area contributed by atoms with Gasteiger partial charge in [-0.3, -0.25) is 9.59 Å². The molecule has 0 saturated heterocycles. The number of anilines is 1. The summed E-state index contributed by atoms with van der Waals surface area (Å²) in [5.41, 5.74) is 1.50. The van der Waals surface area contributed by atoms with E-state index < -0.39 is 24.0 Å². The van der Waals surface area contributed by atoms with E-state index in [4.69, 9.17) is 4.74 Å². The van der Waals surface area contributed by atoms with Gasteiger partial charge in [0.15, 0.2) is 6.10 Å². The molecule has 3 aromatic rings. The summed E-state index contributed by atoms with van der Waals surface area (Å²) in [4.78, 5) is 37.8. The van der Waals surface area contributed by atoms with Crippen LogP contribution in [0, 0.1) is 5.92 Å². The number of hydrogen-bond donors (Lipinski definition) is 2.